The van der Waals surface area contributed by atoms with Gasteiger partial charge in [0.25, 0.3) is 5.69 Å². The molecule has 12 heteroatoms. The van der Waals surface area contributed by atoms with Crippen LogP contribution in [0.1, 0.15) is 0 Å². The molecule has 0 aromatic heterocycles. The third-order valence-electron chi connectivity index (χ3n) is 3.44. The highest BCUT2D eigenvalue weighted by Gasteiger charge is 2.45. The molecule has 0 spiro atoms. The summed E-state index contributed by atoms with van der Waals surface area (Å²) in [6.45, 7) is -0.720. The van der Waals surface area contributed by atoms with Gasteiger partial charge >= 0.3 is 5.69 Å². The van der Waals surface area contributed by atoms with E-state index in [1.165, 1.54) is 0 Å². The van der Waals surface area contributed by atoms with E-state index in [0.717, 1.165) is 18.2 Å². The van der Waals surface area contributed by atoms with Gasteiger partial charge in [-0.15, -0.1) is 0 Å². The van der Waals surface area contributed by atoms with Crippen molar-refractivity contribution in [1.82, 2.24) is 0 Å². The highest BCUT2D eigenvalue weighted by molar-refractivity contribution is 5.53. The summed E-state index contributed by atoms with van der Waals surface area (Å²) in [4.78, 5) is 20.1. The Bertz CT molecular complexity index is 636. The topological polar surface area (TPSA) is 186 Å². The summed E-state index contributed by atoms with van der Waals surface area (Å²) in [5, 5.41) is 60.0. The first-order valence-electron chi connectivity index (χ1n) is 6.66. The second-order valence-corrected chi connectivity index (χ2v) is 4.98. The van der Waals surface area contributed by atoms with Crippen LogP contribution < -0.4 is 4.74 Å². The van der Waals surface area contributed by atoms with Crippen LogP contribution in [0.2, 0.25) is 0 Å². The first-order valence-corrected chi connectivity index (χ1v) is 6.66. The number of aliphatic hydroxyl groups is 4. The molecule has 0 amide bonds. The van der Waals surface area contributed by atoms with E-state index in [2.05, 4.69) is 0 Å². The van der Waals surface area contributed by atoms with E-state index in [-0.39, 0.29) is 0 Å². The van der Waals surface area contributed by atoms with Crippen LogP contribution in [0.25, 0.3) is 0 Å². The molecule has 24 heavy (non-hydrogen) atoms. The van der Waals surface area contributed by atoms with Crippen LogP contribution >= 0.6 is 0 Å². The van der Waals surface area contributed by atoms with Crippen molar-refractivity contribution >= 4 is 11.4 Å². The Hall–Kier alpha value is -2.38. The molecule has 12 nitrogen and oxygen atoms in total. The number of nitro benzene ring substituents is 2. The highest BCUT2D eigenvalue weighted by atomic mass is 16.7. The van der Waals surface area contributed by atoms with Crippen molar-refractivity contribution in [2.75, 3.05) is 6.61 Å². The second-order valence-electron chi connectivity index (χ2n) is 4.98. The Morgan fingerprint density at radius 3 is 2.29 bits per heavy atom. The number of nitro groups is 2. The Morgan fingerprint density at radius 1 is 1.08 bits per heavy atom. The molecule has 0 unspecified atom stereocenters. The lowest BCUT2D eigenvalue weighted by atomic mass is 9.99. The van der Waals surface area contributed by atoms with Gasteiger partial charge in [-0.1, -0.05) is 0 Å². The van der Waals surface area contributed by atoms with Crippen molar-refractivity contribution in [3.8, 4) is 5.75 Å². The van der Waals surface area contributed by atoms with Gasteiger partial charge in [-0.25, -0.2) is 0 Å². The zero-order valence-corrected chi connectivity index (χ0v) is 12.0. The van der Waals surface area contributed by atoms with Crippen LogP contribution in [0.15, 0.2) is 18.2 Å². The van der Waals surface area contributed by atoms with Gasteiger partial charge in [0.05, 0.1) is 22.5 Å². The standard InChI is InChI=1S/C12H14N2O10/c15-4-8-9(16)10(17)11(18)12(24-8)23-7-3-5(13(19)20)1-2-6(7)14(21)22/h1-3,8-12,15-18H,4H2/t8-,9-,10+,11+,12+/m1/s1. The summed E-state index contributed by atoms with van der Waals surface area (Å²) in [5.74, 6) is -0.571. The third-order valence-corrected chi connectivity index (χ3v) is 3.44. The maximum Gasteiger partial charge on any atom is 0.311 e. The number of rotatable bonds is 5. The minimum Gasteiger partial charge on any atom is -0.454 e. The minimum atomic E-state index is -1.80. The Morgan fingerprint density at radius 2 is 1.75 bits per heavy atom. The maximum absolute atomic E-state index is 11.0. The predicted molar refractivity (Wildman–Crippen MR) is 74.1 cm³/mol. The Balaban J connectivity index is 2.33. The van der Waals surface area contributed by atoms with Crippen molar-refractivity contribution in [1.29, 1.82) is 0 Å². The lowest BCUT2D eigenvalue weighted by Crippen LogP contribution is -2.60. The first-order chi connectivity index (χ1) is 11.3. The van der Waals surface area contributed by atoms with Crippen molar-refractivity contribution < 1.29 is 39.7 Å². The molecule has 1 fully saturated rings. The smallest absolute Gasteiger partial charge is 0.311 e. The van der Waals surface area contributed by atoms with Gasteiger partial charge in [-0.05, 0) is 0 Å². The summed E-state index contributed by atoms with van der Waals surface area (Å²) in [6, 6.07) is 2.51. The lowest BCUT2D eigenvalue weighted by molar-refractivity contribution is -0.390. The number of ether oxygens (including phenoxy) is 2. The molecule has 4 N–H and O–H groups in total. The summed E-state index contributed by atoms with van der Waals surface area (Å²) in [5.41, 5.74) is -1.13. The zero-order chi connectivity index (χ0) is 18.0. The summed E-state index contributed by atoms with van der Waals surface area (Å²) in [7, 11) is 0. The van der Waals surface area contributed by atoms with E-state index in [9.17, 15) is 35.5 Å². The van der Waals surface area contributed by atoms with Gasteiger partial charge in [0.15, 0.2) is 0 Å². The van der Waals surface area contributed by atoms with Crippen LogP contribution in [-0.4, -0.2) is 67.6 Å². The molecule has 0 aliphatic carbocycles. The fourth-order valence-corrected chi connectivity index (χ4v) is 2.15. The molecule has 1 aliphatic heterocycles. The average molecular weight is 346 g/mol. The molecular weight excluding hydrogens is 332 g/mol. The number of benzene rings is 1. The van der Waals surface area contributed by atoms with Crippen LogP contribution in [0.3, 0.4) is 0 Å². The lowest BCUT2D eigenvalue weighted by Gasteiger charge is -2.39. The average Bonchev–Trinajstić information content (AvgIpc) is 2.54. The summed E-state index contributed by atoms with van der Waals surface area (Å²) in [6.07, 6.45) is -8.17. The van der Waals surface area contributed by atoms with E-state index < -0.39 is 64.3 Å². The zero-order valence-electron chi connectivity index (χ0n) is 12.0. The quantitative estimate of drug-likeness (QED) is 0.368. The van der Waals surface area contributed by atoms with Crippen molar-refractivity contribution in [3.05, 3.63) is 38.4 Å². The van der Waals surface area contributed by atoms with Crippen molar-refractivity contribution in [2.45, 2.75) is 30.7 Å². The molecular formula is C12H14N2O10. The fraction of sp³-hybridized carbons (Fsp3) is 0.500. The molecule has 5 atom stereocenters. The first kappa shape index (κ1) is 18.0. The number of nitrogens with zero attached hydrogens (tertiary/aromatic N) is 2. The maximum atomic E-state index is 11.0. The van der Waals surface area contributed by atoms with Gasteiger partial charge in [0, 0.05) is 12.1 Å². The van der Waals surface area contributed by atoms with E-state index in [1.807, 2.05) is 0 Å². The number of aliphatic hydroxyl groups excluding tert-OH is 4. The van der Waals surface area contributed by atoms with Crippen LogP contribution in [0.5, 0.6) is 5.75 Å². The molecule has 1 aromatic carbocycles. The van der Waals surface area contributed by atoms with Crippen molar-refractivity contribution in [3.63, 3.8) is 0 Å². The molecule has 0 radical (unpaired) electrons. The van der Waals surface area contributed by atoms with Gasteiger partial charge < -0.3 is 29.9 Å². The Labute approximate surface area is 133 Å². The molecule has 132 valence electrons. The Kier molecular flexibility index (Phi) is 5.26. The fourth-order valence-electron chi connectivity index (χ4n) is 2.15. The van der Waals surface area contributed by atoms with Gasteiger partial charge in [-0.3, -0.25) is 20.2 Å². The molecule has 0 bridgehead atoms. The number of hydrogen-bond acceptors (Lipinski definition) is 10. The van der Waals surface area contributed by atoms with Crippen LogP contribution in [0.4, 0.5) is 11.4 Å². The second kappa shape index (κ2) is 7.02. The van der Waals surface area contributed by atoms with E-state index in [4.69, 9.17) is 14.6 Å². The predicted octanol–water partition coefficient (Wildman–Crippen LogP) is -1.32. The van der Waals surface area contributed by atoms with E-state index in [0.29, 0.717) is 0 Å². The molecule has 2 rings (SSSR count). The normalized spacial score (nSPS) is 29.9. The van der Waals surface area contributed by atoms with Gasteiger partial charge in [-0.2, -0.15) is 0 Å². The van der Waals surface area contributed by atoms with Gasteiger partial charge in [0.1, 0.15) is 24.4 Å². The monoisotopic (exact) mass is 346 g/mol. The van der Waals surface area contributed by atoms with E-state index >= 15 is 0 Å². The van der Waals surface area contributed by atoms with Crippen LogP contribution in [0, 0.1) is 20.2 Å². The molecule has 1 aliphatic rings. The molecule has 0 saturated carbocycles. The molecule has 1 saturated heterocycles. The van der Waals surface area contributed by atoms with Gasteiger partial charge in [0.2, 0.25) is 12.0 Å². The van der Waals surface area contributed by atoms with Crippen molar-refractivity contribution in [2.24, 2.45) is 0 Å². The number of non-ortho nitro benzene ring substituents is 1. The molecule has 1 heterocycles. The van der Waals surface area contributed by atoms with E-state index in [1.54, 1.807) is 0 Å². The number of hydrogen-bond donors (Lipinski definition) is 4. The molecule has 1 aromatic rings. The summed E-state index contributed by atoms with van der Waals surface area (Å²) >= 11 is 0. The third kappa shape index (κ3) is 3.42. The van der Waals surface area contributed by atoms with Crippen LogP contribution in [-0.2, 0) is 4.74 Å². The minimum absolute atomic E-state index is 0.500. The summed E-state index contributed by atoms with van der Waals surface area (Å²) < 4.78 is 10.1. The highest BCUT2D eigenvalue weighted by Crippen LogP contribution is 2.33. The SMILES string of the molecule is O=[N+]([O-])c1ccc([N+](=O)[O-])c(O[C@H]2O[C@H](CO)[C@@H](O)[C@H](O)[C@@H]2O)c1. The largest absolute Gasteiger partial charge is 0.454 e.